The summed E-state index contributed by atoms with van der Waals surface area (Å²) in [6.45, 7) is 3.48. The van der Waals surface area contributed by atoms with Crippen LogP contribution >= 0.6 is 12.2 Å². The van der Waals surface area contributed by atoms with Crippen molar-refractivity contribution < 1.29 is 14.3 Å². The molecule has 0 atom stereocenters. The fourth-order valence-corrected chi connectivity index (χ4v) is 3.55. The molecule has 2 aromatic rings. The van der Waals surface area contributed by atoms with Crippen LogP contribution in [-0.2, 0) is 9.53 Å². The zero-order chi connectivity index (χ0) is 19.9. The van der Waals surface area contributed by atoms with Gasteiger partial charge in [-0.25, -0.2) is 0 Å². The number of ether oxygens (including phenoxy) is 1. The highest BCUT2D eigenvalue weighted by atomic mass is 32.1. The van der Waals surface area contributed by atoms with Gasteiger partial charge in [0.1, 0.15) is 0 Å². The highest BCUT2D eigenvalue weighted by Crippen LogP contribution is 2.20. The van der Waals surface area contributed by atoms with Crippen molar-refractivity contribution in [2.75, 3.05) is 19.7 Å². The van der Waals surface area contributed by atoms with Crippen LogP contribution in [0.5, 0.6) is 0 Å². The topological polar surface area (TPSA) is 58.6 Å². The molecule has 3 rings (SSSR count). The normalized spacial score (nSPS) is 14.4. The van der Waals surface area contributed by atoms with Crippen LogP contribution in [0.4, 0.5) is 0 Å². The van der Waals surface area contributed by atoms with Gasteiger partial charge in [-0.05, 0) is 55.2 Å². The quantitative estimate of drug-likeness (QED) is 0.632. The number of piperidine rings is 1. The summed E-state index contributed by atoms with van der Waals surface area (Å²) in [4.78, 5) is 26.3. The lowest BCUT2D eigenvalue weighted by molar-refractivity contribution is -0.149. The molecule has 0 radical (unpaired) electrons. The smallest absolute Gasteiger partial charge is 0.309 e. The van der Waals surface area contributed by atoms with Crippen molar-refractivity contribution in [3.63, 3.8) is 0 Å². The van der Waals surface area contributed by atoms with Crippen LogP contribution in [0.25, 0.3) is 11.1 Å². The summed E-state index contributed by atoms with van der Waals surface area (Å²) < 4.78 is 5.08. The van der Waals surface area contributed by atoms with Gasteiger partial charge in [0.15, 0.2) is 5.11 Å². The molecule has 0 bridgehead atoms. The van der Waals surface area contributed by atoms with Crippen LogP contribution < -0.4 is 5.32 Å². The Morgan fingerprint density at radius 2 is 1.64 bits per heavy atom. The van der Waals surface area contributed by atoms with Crippen LogP contribution in [0.3, 0.4) is 0 Å². The number of esters is 1. The third-order valence-corrected chi connectivity index (χ3v) is 5.24. The van der Waals surface area contributed by atoms with E-state index in [-0.39, 0.29) is 17.8 Å². The van der Waals surface area contributed by atoms with Gasteiger partial charge in [0.2, 0.25) is 0 Å². The SMILES string of the molecule is CCOC(=O)C1CCN(C(=S)NC(=O)c2ccc(-c3ccccc3)cc2)CC1. The van der Waals surface area contributed by atoms with Gasteiger partial charge < -0.3 is 9.64 Å². The molecule has 1 saturated heterocycles. The Kier molecular flexibility index (Phi) is 6.76. The summed E-state index contributed by atoms with van der Waals surface area (Å²) in [5.41, 5.74) is 2.72. The van der Waals surface area contributed by atoms with Crippen LogP contribution in [0.1, 0.15) is 30.1 Å². The molecule has 0 spiro atoms. The molecule has 1 aliphatic rings. The maximum atomic E-state index is 12.5. The molecule has 1 N–H and O–H groups in total. The average Bonchev–Trinajstić information content (AvgIpc) is 2.74. The molecule has 0 aliphatic carbocycles. The Morgan fingerprint density at radius 1 is 1.04 bits per heavy atom. The van der Waals surface area contributed by atoms with Gasteiger partial charge in [-0.1, -0.05) is 42.5 Å². The highest BCUT2D eigenvalue weighted by molar-refractivity contribution is 7.80. The molecule has 146 valence electrons. The minimum absolute atomic E-state index is 0.0831. The molecule has 1 aliphatic heterocycles. The standard InChI is InChI=1S/C22H24N2O3S/c1-2-27-21(26)19-12-14-24(15-13-19)22(28)23-20(25)18-10-8-17(9-11-18)16-6-4-3-5-7-16/h3-11,19H,2,12-15H2,1H3,(H,23,25,28). The van der Waals surface area contributed by atoms with Crippen LogP contribution in [0.2, 0.25) is 0 Å². The van der Waals surface area contributed by atoms with E-state index in [9.17, 15) is 9.59 Å². The Bertz CT molecular complexity index is 829. The number of carbonyl (C=O) groups excluding carboxylic acids is 2. The molecule has 5 nitrogen and oxygen atoms in total. The molecule has 6 heteroatoms. The predicted molar refractivity (Wildman–Crippen MR) is 113 cm³/mol. The first-order valence-corrected chi connectivity index (χ1v) is 9.91. The van der Waals surface area contributed by atoms with Crippen molar-refractivity contribution in [1.82, 2.24) is 10.2 Å². The number of rotatable bonds is 4. The van der Waals surface area contributed by atoms with Crippen molar-refractivity contribution >= 4 is 29.2 Å². The van der Waals surface area contributed by atoms with E-state index in [2.05, 4.69) is 5.32 Å². The summed E-state index contributed by atoms with van der Waals surface area (Å²) in [5, 5.41) is 3.20. The largest absolute Gasteiger partial charge is 0.466 e. The number of nitrogens with zero attached hydrogens (tertiary/aromatic N) is 1. The Balaban J connectivity index is 1.53. The van der Waals surface area contributed by atoms with Crippen molar-refractivity contribution in [2.24, 2.45) is 5.92 Å². The summed E-state index contributed by atoms with van der Waals surface area (Å²) in [6.07, 6.45) is 1.36. The highest BCUT2D eigenvalue weighted by Gasteiger charge is 2.27. The van der Waals surface area contributed by atoms with Crippen LogP contribution in [0, 0.1) is 5.92 Å². The molecule has 0 saturated carbocycles. The lowest BCUT2D eigenvalue weighted by Gasteiger charge is -2.32. The molecule has 1 heterocycles. The monoisotopic (exact) mass is 396 g/mol. The first-order valence-electron chi connectivity index (χ1n) is 9.51. The number of hydrogen-bond donors (Lipinski definition) is 1. The fourth-order valence-electron chi connectivity index (χ4n) is 3.27. The van der Waals surface area contributed by atoms with Crippen LogP contribution in [-0.4, -0.2) is 41.6 Å². The molecular formula is C22H24N2O3S. The second kappa shape index (κ2) is 9.46. The van der Waals surface area contributed by atoms with Gasteiger partial charge in [0.25, 0.3) is 5.91 Å². The molecule has 0 aromatic heterocycles. The van der Waals surface area contributed by atoms with E-state index in [1.807, 2.05) is 54.3 Å². The Hall–Kier alpha value is -2.73. The number of hydrogen-bond acceptors (Lipinski definition) is 4. The number of benzene rings is 2. The summed E-state index contributed by atoms with van der Waals surface area (Å²) in [5.74, 6) is -0.451. The van der Waals surface area contributed by atoms with Gasteiger partial charge in [0, 0.05) is 18.7 Å². The van der Waals surface area contributed by atoms with Crippen molar-refractivity contribution in [1.29, 1.82) is 0 Å². The molecular weight excluding hydrogens is 372 g/mol. The molecule has 28 heavy (non-hydrogen) atoms. The first kappa shape index (κ1) is 20.0. The van der Waals surface area contributed by atoms with Gasteiger partial charge in [0.05, 0.1) is 12.5 Å². The van der Waals surface area contributed by atoms with Gasteiger partial charge in [-0.15, -0.1) is 0 Å². The predicted octanol–water partition coefficient (Wildman–Crippen LogP) is 3.64. The summed E-state index contributed by atoms with van der Waals surface area (Å²) >= 11 is 5.39. The Morgan fingerprint density at radius 3 is 2.25 bits per heavy atom. The number of carbonyl (C=O) groups is 2. The fraction of sp³-hybridized carbons (Fsp3) is 0.318. The number of thiocarbonyl (C=S) groups is 1. The van der Waals surface area contributed by atoms with Crippen LogP contribution in [0.15, 0.2) is 54.6 Å². The lowest BCUT2D eigenvalue weighted by Crippen LogP contribution is -2.47. The maximum Gasteiger partial charge on any atom is 0.309 e. The van der Waals surface area contributed by atoms with E-state index in [4.69, 9.17) is 17.0 Å². The van der Waals surface area contributed by atoms with E-state index in [0.29, 0.717) is 43.2 Å². The van der Waals surface area contributed by atoms with E-state index >= 15 is 0 Å². The van der Waals surface area contributed by atoms with E-state index in [0.717, 1.165) is 11.1 Å². The van der Waals surface area contributed by atoms with Gasteiger partial charge >= 0.3 is 5.97 Å². The molecule has 1 fully saturated rings. The summed E-state index contributed by atoms with van der Waals surface area (Å²) in [7, 11) is 0. The number of nitrogens with one attached hydrogen (secondary N) is 1. The first-order chi connectivity index (χ1) is 13.6. The lowest BCUT2D eigenvalue weighted by atomic mass is 9.97. The third kappa shape index (κ3) is 4.95. The number of likely N-dealkylation sites (tertiary alicyclic amines) is 1. The zero-order valence-electron chi connectivity index (χ0n) is 15.9. The van der Waals surface area contributed by atoms with E-state index in [1.165, 1.54) is 0 Å². The molecule has 1 amide bonds. The molecule has 2 aromatic carbocycles. The molecule has 0 unspecified atom stereocenters. The average molecular weight is 397 g/mol. The second-order valence-electron chi connectivity index (χ2n) is 6.72. The van der Waals surface area contributed by atoms with Crippen molar-refractivity contribution in [3.8, 4) is 11.1 Å². The van der Waals surface area contributed by atoms with Crippen molar-refractivity contribution in [2.45, 2.75) is 19.8 Å². The maximum absolute atomic E-state index is 12.5. The van der Waals surface area contributed by atoms with E-state index in [1.54, 1.807) is 12.1 Å². The third-order valence-electron chi connectivity index (χ3n) is 4.88. The van der Waals surface area contributed by atoms with Crippen molar-refractivity contribution in [3.05, 3.63) is 60.2 Å². The second-order valence-corrected chi connectivity index (χ2v) is 7.10. The van der Waals surface area contributed by atoms with E-state index < -0.39 is 0 Å². The number of amides is 1. The minimum Gasteiger partial charge on any atom is -0.466 e. The van der Waals surface area contributed by atoms with Gasteiger partial charge in [-0.2, -0.15) is 0 Å². The Labute approximate surface area is 170 Å². The zero-order valence-corrected chi connectivity index (χ0v) is 16.7. The summed E-state index contributed by atoms with van der Waals surface area (Å²) in [6, 6.07) is 17.5. The van der Waals surface area contributed by atoms with Gasteiger partial charge in [-0.3, -0.25) is 14.9 Å². The minimum atomic E-state index is -0.225.